The Balaban J connectivity index is 1.31. The first-order chi connectivity index (χ1) is 14.9. The number of carbonyl (C=O) groups excluding carboxylic acids is 2. The van der Waals surface area contributed by atoms with E-state index in [1.165, 1.54) is 18.1 Å². The highest BCUT2D eigenvalue weighted by atomic mass is 16.5. The fourth-order valence-corrected chi connectivity index (χ4v) is 4.55. The summed E-state index contributed by atoms with van der Waals surface area (Å²) in [5.74, 6) is -1.66. The van der Waals surface area contributed by atoms with Gasteiger partial charge in [0.2, 0.25) is 5.91 Å². The van der Waals surface area contributed by atoms with E-state index in [-0.39, 0.29) is 30.4 Å². The van der Waals surface area contributed by atoms with E-state index in [4.69, 9.17) is 9.84 Å². The second kappa shape index (κ2) is 8.79. The summed E-state index contributed by atoms with van der Waals surface area (Å²) < 4.78 is 5.57. The minimum absolute atomic E-state index is 0.00207. The Bertz CT molecular complexity index is 959. The van der Waals surface area contributed by atoms with Gasteiger partial charge in [-0.3, -0.25) is 9.59 Å². The largest absolute Gasteiger partial charge is 0.480 e. The standard InChI is InChI=1S/C24H26N2O5/c1-14(23(28)29)25-22(27)15-10-11-16(12-15)26-24(30)31-13-21-19-8-4-2-6-17(19)18-7-3-5-9-20(18)21/h2-9,14-16,21H,10-13H2,1H3,(H,25,27)(H,26,30)(H,28,29)/t14-,15+,16-/m1/s1. The van der Waals surface area contributed by atoms with Gasteiger partial charge in [-0.05, 0) is 48.4 Å². The summed E-state index contributed by atoms with van der Waals surface area (Å²) in [5, 5.41) is 14.3. The molecule has 2 aromatic rings. The van der Waals surface area contributed by atoms with Crippen LogP contribution in [0.1, 0.15) is 43.2 Å². The molecule has 3 N–H and O–H groups in total. The van der Waals surface area contributed by atoms with Crippen LogP contribution in [0.4, 0.5) is 4.79 Å². The summed E-state index contributed by atoms with van der Waals surface area (Å²) in [6.07, 6.45) is 1.24. The Morgan fingerprint density at radius 2 is 1.65 bits per heavy atom. The predicted molar refractivity (Wildman–Crippen MR) is 115 cm³/mol. The monoisotopic (exact) mass is 422 g/mol. The number of benzene rings is 2. The van der Waals surface area contributed by atoms with E-state index in [0.29, 0.717) is 19.3 Å². The first-order valence-corrected chi connectivity index (χ1v) is 10.6. The summed E-state index contributed by atoms with van der Waals surface area (Å²) in [6.45, 7) is 1.67. The molecule has 2 amide bonds. The van der Waals surface area contributed by atoms with Crippen LogP contribution < -0.4 is 10.6 Å². The van der Waals surface area contributed by atoms with Gasteiger partial charge in [0.1, 0.15) is 12.6 Å². The average Bonchev–Trinajstić information content (AvgIpc) is 3.35. The van der Waals surface area contributed by atoms with Crippen LogP contribution in [0.3, 0.4) is 0 Å². The lowest BCUT2D eigenvalue weighted by Gasteiger charge is -2.17. The Kier molecular flexibility index (Phi) is 5.93. The lowest BCUT2D eigenvalue weighted by Crippen LogP contribution is -2.41. The Labute approximate surface area is 180 Å². The highest BCUT2D eigenvalue weighted by Gasteiger charge is 2.33. The summed E-state index contributed by atoms with van der Waals surface area (Å²) in [4.78, 5) is 35.5. The zero-order valence-electron chi connectivity index (χ0n) is 17.3. The van der Waals surface area contributed by atoms with Gasteiger partial charge in [-0.1, -0.05) is 48.5 Å². The molecule has 1 fully saturated rings. The van der Waals surface area contributed by atoms with E-state index in [1.807, 2.05) is 24.3 Å². The highest BCUT2D eigenvalue weighted by molar-refractivity contribution is 5.85. The van der Waals surface area contributed by atoms with Crippen molar-refractivity contribution in [3.8, 4) is 11.1 Å². The summed E-state index contributed by atoms with van der Waals surface area (Å²) in [6, 6.07) is 15.2. The molecular weight excluding hydrogens is 396 g/mol. The molecule has 0 saturated heterocycles. The molecule has 4 rings (SSSR count). The van der Waals surface area contributed by atoms with Gasteiger partial charge in [-0.2, -0.15) is 0 Å². The minimum atomic E-state index is -1.07. The van der Waals surface area contributed by atoms with Crippen LogP contribution in [-0.2, 0) is 14.3 Å². The van der Waals surface area contributed by atoms with Crippen LogP contribution in [0.5, 0.6) is 0 Å². The van der Waals surface area contributed by atoms with E-state index in [2.05, 4.69) is 34.9 Å². The minimum Gasteiger partial charge on any atom is -0.480 e. The van der Waals surface area contributed by atoms with Gasteiger partial charge in [0.25, 0.3) is 0 Å². The number of fused-ring (bicyclic) bond motifs is 3. The number of hydrogen-bond donors (Lipinski definition) is 3. The predicted octanol–water partition coefficient (Wildman–Crippen LogP) is 3.28. The molecule has 2 aliphatic rings. The lowest BCUT2D eigenvalue weighted by atomic mass is 9.98. The van der Waals surface area contributed by atoms with Gasteiger partial charge in [-0.25, -0.2) is 4.79 Å². The zero-order chi connectivity index (χ0) is 22.0. The van der Waals surface area contributed by atoms with Crippen molar-refractivity contribution in [3.05, 3.63) is 59.7 Å². The molecule has 0 spiro atoms. The third-order valence-corrected chi connectivity index (χ3v) is 6.20. The van der Waals surface area contributed by atoms with E-state index >= 15 is 0 Å². The molecule has 0 heterocycles. The maximum Gasteiger partial charge on any atom is 0.407 e. The molecule has 31 heavy (non-hydrogen) atoms. The molecule has 2 aliphatic carbocycles. The quantitative estimate of drug-likeness (QED) is 0.663. The molecular formula is C24H26N2O5. The number of carbonyl (C=O) groups is 3. The van der Waals surface area contributed by atoms with Gasteiger partial charge in [-0.15, -0.1) is 0 Å². The molecule has 2 aromatic carbocycles. The summed E-state index contributed by atoms with van der Waals surface area (Å²) in [7, 11) is 0. The van der Waals surface area contributed by atoms with E-state index in [0.717, 1.165) is 11.1 Å². The van der Waals surface area contributed by atoms with Crippen LogP contribution in [-0.4, -0.2) is 41.8 Å². The van der Waals surface area contributed by atoms with Gasteiger partial charge in [0, 0.05) is 17.9 Å². The van der Waals surface area contributed by atoms with E-state index in [9.17, 15) is 14.4 Å². The molecule has 7 heteroatoms. The van der Waals surface area contributed by atoms with Crippen molar-refractivity contribution >= 4 is 18.0 Å². The van der Waals surface area contributed by atoms with Gasteiger partial charge in [0.05, 0.1) is 0 Å². The average molecular weight is 422 g/mol. The Morgan fingerprint density at radius 3 is 2.26 bits per heavy atom. The maximum absolute atomic E-state index is 12.4. The van der Waals surface area contributed by atoms with Crippen molar-refractivity contribution in [3.63, 3.8) is 0 Å². The number of carboxylic acid groups (broad SMARTS) is 1. The molecule has 0 radical (unpaired) electrons. The van der Waals surface area contributed by atoms with Gasteiger partial charge < -0.3 is 20.5 Å². The van der Waals surface area contributed by atoms with Crippen molar-refractivity contribution in [2.75, 3.05) is 6.61 Å². The molecule has 0 aromatic heterocycles. The Morgan fingerprint density at radius 1 is 1.03 bits per heavy atom. The molecule has 1 saturated carbocycles. The zero-order valence-corrected chi connectivity index (χ0v) is 17.3. The number of amides is 2. The number of nitrogens with one attached hydrogen (secondary N) is 2. The van der Waals surface area contributed by atoms with Crippen molar-refractivity contribution in [1.29, 1.82) is 0 Å². The topological polar surface area (TPSA) is 105 Å². The van der Waals surface area contributed by atoms with Crippen molar-refractivity contribution in [2.45, 2.75) is 44.2 Å². The van der Waals surface area contributed by atoms with Crippen LogP contribution in [0, 0.1) is 5.92 Å². The van der Waals surface area contributed by atoms with Gasteiger partial charge in [0.15, 0.2) is 0 Å². The fourth-order valence-electron chi connectivity index (χ4n) is 4.55. The van der Waals surface area contributed by atoms with Gasteiger partial charge >= 0.3 is 12.1 Å². The normalized spacial score (nSPS) is 20.4. The smallest absolute Gasteiger partial charge is 0.407 e. The second-order valence-corrected chi connectivity index (χ2v) is 8.25. The highest BCUT2D eigenvalue weighted by Crippen LogP contribution is 2.44. The van der Waals surface area contributed by atoms with Crippen molar-refractivity contribution < 1.29 is 24.2 Å². The molecule has 0 bridgehead atoms. The fraction of sp³-hybridized carbons (Fsp3) is 0.375. The third kappa shape index (κ3) is 4.40. The van der Waals surface area contributed by atoms with Crippen molar-refractivity contribution in [1.82, 2.24) is 10.6 Å². The SMILES string of the molecule is C[C@@H](NC(=O)[C@H]1CC[C@@H](NC(=O)OCC2c3ccccc3-c3ccccc32)C1)C(=O)O. The lowest BCUT2D eigenvalue weighted by molar-refractivity contribution is -0.141. The molecule has 0 aliphatic heterocycles. The second-order valence-electron chi connectivity index (χ2n) is 8.25. The number of carboxylic acids is 1. The summed E-state index contributed by atoms with van der Waals surface area (Å²) >= 11 is 0. The third-order valence-electron chi connectivity index (χ3n) is 6.20. The van der Waals surface area contributed by atoms with E-state index < -0.39 is 18.1 Å². The van der Waals surface area contributed by atoms with Crippen LogP contribution in [0.15, 0.2) is 48.5 Å². The number of hydrogen-bond acceptors (Lipinski definition) is 4. The van der Waals surface area contributed by atoms with Crippen LogP contribution in [0.2, 0.25) is 0 Å². The van der Waals surface area contributed by atoms with Crippen molar-refractivity contribution in [2.24, 2.45) is 5.92 Å². The van der Waals surface area contributed by atoms with Crippen LogP contribution in [0.25, 0.3) is 11.1 Å². The number of alkyl carbamates (subject to hydrolysis) is 1. The van der Waals surface area contributed by atoms with Crippen LogP contribution >= 0.6 is 0 Å². The van der Waals surface area contributed by atoms with E-state index in [1.54, 1.807) is 0 Å². The summed E-state index contributed by atoms with van der Waals surface area (Å²) in [5.41, 5.74) is 4.66. The molecule has 0 unspecified atom stereocenters. The first kappa shape index (κ1) is 20.9. The molecule has 3 atom stereocenters. The number of ether oxygens (including phenoxy) is 1. The first-order valence-electron chi connectivity index (χ1n) is 10.6. The molecule has 162 valence electrons. The molecule has 7 nitrogen and oxygen atoms in total. The Hall–Kier alpha value is -3.35. The number of rotatable bonds is 6. The maximum atomic E-state index is 12.4. The number of aliphatic carboxylic acids is 1.